The predicted molar refractivity (Wildman–Crippen MR) is 128 cm³/mol. The number of para-hydroxylation sites is 1. The van der Waals surface area contributed by atoms with Gasteiger partial charge in [0, 0.05) is 5.56 Å². The average Bonchev–Trinajstić information content (AvgIpc) is 2.83. The predicted octanol–water partition coefficient (Wildman–Crippen LogP) is 4.73. The standard InChI is InChI=1S/C24H20BrN3O4/c1-30-20-10-8-15(12-18(20)25)14-26-28-23(16-9-11-21(31-2)22(13-16)32-3)27-19-7-5-4-6-17(19)24(28)29/h4-14H,1-3H3. The molecule has 162 valence electrons. The molecule has 0 aliphatic rings. The Morgan fingerprint density at radius 3 is 2.34 bits per heavy atom. The quantitative estimate of drug-likeness (QED) is 0.363. The Hall–Kier alpha value is -3.65. The fourth-order valence-electron chi connectivity index (χ4n) is 3.28. The molecule has 0 aliphatic heterocycles. The van der Waals surface area contributed by atoms with Crippen molar-refractivity contribution in [3.63, 3.8) is 0 Å². The van der Waals surface area contributed by atoms with E-state index >= 15 is 0 Å². The summed E-state index contributed by atoms with van der Waals surface area (Å²) in [5.74, 6) is 2.20. The third kappa shape index (κ3) is 4.09. The van der Waals surface area contributed by atoms with Gasteiger partial charge in [-0.1, -0.05) is 12.1 Å². The molecule has 0 saturated carbocycles. The van der Waals surface area contributed by atoms with E-state index < -0.39 is 0 Å². The molecule has 4 aromatic rings. The van der Waals surface area contributed by atoms with E-state index in [1.165, 1.54) is 4.68 Å². The Balaban J connectivity index is 1.90. The van der Waals surface area contributed by atoms with Gasteiger partial charge in [0.05, 0.1) is 42.9 Å². The molecular weight excluding hydrogens is 474 g/mol. The largest absolute Gasteiger partial charge is 0.496 e. The van der Waals surface area contributed by atoms with E-state index in [2.05, 4.69) is 21.0 Å². The summed E-state index contributed by atoms with van der Waals surface area (Å²) in [5.41, 5.74) is 1.76. The van der Waals surface area contributed by atoms with Gasteiger partial charge in [0.25, 0.3) is 5.56 Å². The van der Waals surface area contributed by atoms with Gasteiger partial charge < -0.3 is 14.2 Å². The minimum atomic E-state index is -0.274. The SMILES string of the molecule is COc1ccc(C=Nn2c(-c3ccc(OC)c(OC)c3)nc3ccccc3c2=O)cc1Br. The van der Waals surface area contributed by atoms with Crippen LogP contribution in [0, 0.1) is 0 Å². The first-order valence-electron chi connectivity index (χ1n) is 9.67. The van der Waals surface area contributed by atoms with Gasteiger partial charge in [0.1, 0.15) is 5.75 Å². The minimum Gasteiger partial charge on any atom is -0.496 e. The van der Waals surface area contributed by atoms with Crippen molar-refractivity contribution in [3.05, 3.63) is 81.1 Å². The lowest BCUT2D eigenvalue weighted by Gasteiger charge is -2.12. The molecule has 0 aliphatic carbocycles. The van der Waals surface area contributed by atoms with Crippen LogP contribution in [0.4, 0.5) is 0 Å². The van der Waals surface area contributed by atoms with Crippen LogP contribution in [-0.4, -0.2) is 37.2 Å². The molecule has 1 heterocycles. The van der Waals surface area contributed by atoms with Gasteiger partial charge in [0.15, 0.2) is 17.3 Å². The van der Waals surface area contributed by atoms with Crippen LogP contribution < -0.4 is 19.8 Å². The first kappa shape index (κ1) is 21.6. The van der Waals surface area contributed by atoms with Crippen molar-refractivity contribution in [1.82, 2.24) is 9.66 Å². The second kappa shape index (κ2) is 9.23. The number of halogens is 1. The molecule has 3 aromatic carbocycles. The van der Waals surface area contributed by atoms with E-state index in [9.17, 15) is 4.79 Å². The second-order valence-corrected chi connectivity index (χ2v) is 7.63. The van der Waals surface area contributed by atoms with Crippen LogP contribution in [0.3, 0.4) is 0 Å². The summed E-state index contributed by atoms with van der Waals surface area (Å²) >= 11 is 3.47. The Kier molecular flexibility index (Phi) is 6.23. The molecule has 0 atom stereocenters. The molecule has 1 aromatic heterocycles. The highest BCUT2D eigenvalue weighted by molar-refractivity contribution is 9.10. The molecule has 8 heteroatoms. The number of hydrogen-bond donors (Lipinski definition) is 0. The van der Waals surface area contributed by atoms with Crippen LogP contribution in [0.2, 0.25) is 0 Å². The molecule has 32 heavy (non-hydrogen) atoms. The molecule has 0 unspecified atom stereocenters. The van der Waals surface area contributed by atoms with Gasteiger partial charge in [-0.2, -0.15) is 9.78 Å². The smallest absolute Gasteiger partial charge is 0.282 e. The lowest BCUT2D eigenvalue weighted by molar-refractivity contribution is 0.355. The molecule has 0 radical (unpaired) electrons. The van der Waals surface area contributed by atoms with Gasteiger partial charge in [-0.05, 0) is 70.0 Å². The molecule has 0 amide bonds. The van der Waals surface area contributed by atoms with Crippen molar-refractivity contribution >= 4 is 33.0 Å². The van der Waals surface area contributed by atoms with Crippen LogP contribution in [0.25, 0.3) is 22.3 Å². The van der Waals surface area contributed by atoms with Crippen molar-refractivity contribution in [2.24, 2.45) is 5.10 Å². The van der Waals surface area contributed by atoms with E-state index in [0.29, 0.717) is 39.5 Å². The summed E-state index contributed by atoms with van der Waals surface area (Å²) in [4.78, 5) is 18.0. The highest BCUT2D eigenvalue weighted by atomic mass is 79.9. The molecule has 0 bridgehead atoms. The normalized spacial score (nSPS) is 11.1. The lowest BCUT2D eigenvalue weighted by atomic mass is 10.1. The first-order chi connectivity index (χ1) is 15.5. The Labute approximate surface area is 193 Å². The lowest BCUT2D eigenvalue weighted by Crippen LogP contribution is -2.20. The number of hydrogen-bond acceptors (Lipinski definition) is 6. The highest BCUT2D eigenvalue weighted by Crippen LogP contribution is 2.32. The molecule has 0 N–H and O–H groups in total. The van der Waals surface area contributed by atoms with Gasteiger partial charge >= 0.3 is 0 Å². The molecule has 0 fully saturated rings. The zero-order valence-corrected chi connectivity index (χ0v) is 19.3. The zero-order chi connectivity index (χ0) is 22.7. The molecule has 4 rings (SSSR count). The molecular formula is C24H20BrN3O4. The minimum absolute atomic E-state index is 0.274. The van der Waals surface area contributed by atoms with Crippen LogP contribution >= 0.6 is 15.9 Å². The monoisotopic (exact) mass is 493 g/mol. The summed E-state index contributed by atoms with van der Waals surface area (Å²) in [6, 6.07) is 18.1. The third-order valence-corrected chi connectivity index (χ3v) is 5.51. The summed E-state index contributed by atoms with van der Waals surface area (Å²) in [6.45, 7) is 0. The van der Waals surface area contributed by atoms with E-state index in [4.69, 9.17) is 19.2 Å². The number of nitrogens with zero attached hydrogens (tertiary/aromatic N) is 3. The Morgan fingerprint density at radius 2 is 1.62 bits per heavy atom. The zero-order valence-electron chi connectivity index (χ0n) is 17.7. The van der Waals surface area contributed by atoms with Crippen molar-refractivity contribution in [1.29, 1.82) is 0 Å². The number of rotatable bonds is 6. The fraction of sp³-hybridized carbons (Fsp3) is 0.125. The van der Waals surface area contributed by atoms with Crippen LogP contribution in [-0.2, 0) is 0 Å². The van der Waals surface area contributed by atoms with Crippen LogP contribution in [0.1, 0.15) is 5.56 Å². The molecule has 0 spiro atoms. The average molecular weight is 494 g/mol. The van der Waals surface area contributed by atoms with Crippen molar-refractivity contribution in [2.45, 2.75) is 0 Å². The summed E-state index contributed by atoms with van der Waals surface area (Å²) in [5, 5.41) is 4.96. The number of benzene rings is 3. The summed E-state index contributed by atoms with van der Waals surface area (Å²) < 4.78 is 18.1. The Morgan fingerprint density at radius 1 is 0.906 bits per heavy atom. The first-order valence-corrected chi connectivity index (χ1v) is 10.5. The van der Waals surface area contributed by atoms with Gasteiger partial charge in [-0.15, -0.1) is 0 Å². The number of fused-ring (bicyclic) bond motifs is 1. The number of aromatic nitrogens is 2. The van der Waals surface area contributed by atoms with Crippen molar-refractivity contribution < 1.29 is 14.2 Å². The van der Waals surface area contributed by atoms with Crippen LogP contribution in [0.5, 0.6) is 17.2 Å². The second-order valence-electron chi connectivity index (χ2n) is 6.78. The third-order valence-electron chi connectivity index (χ3n) is 4.89. The van der Waals surface area contributed by atoms with Crippen molar-refractivity contribution in [2.75, 3.05) is 21.3 Å². The van der Waals surface area contributed by atoms with Gasteiger partial charge in [-0.25, -0.2) is 4.98 Å². The maximum Gasteiger partial charge on any atom is 0.282 e. The van der Waals surface area contributed by atoms with E-state index in [1.807, 2.05) is 30.3 Å². The number of ether oxygens (including phenoxy) is 3. The van der Waals surface area contributed by atoms with E-state index in [0.717, 1.165) is 10.0 Å². The Bertz CT molecular complexity index is 1380. The maximum absolute atomic E-state index is 13.3. The maximum atomic E-state index is 13.3. The number of methoxy groups -OCH3 is 3. The summed E-state index contributed by atoms with van der Waals surface area (Å²) in [6.07, 6.45) is 1.60. The van der Waals surface area contributed by atoms with E-state index in [-0.39, 0.29) is 5.56 Å². The molecule has 7 nitrogen and oxygen atoms in total. The van der Waals surface area contributed by atoms with E-state index in [1.54, 1.807) is 57.9 Å². The summed E-state index contributed by atoms with van der Waals surface area (Å²) in [7, 11) is 4.73. The van der Waals surface area contributed by atoms with Crippen LogP contribution in [0.15, 0.2) is 75.0 Å². The van der Waals surface area contributed by atoms with Gasteiger partial charge in [-0.3, -0.25) is 4.79 Å². The topological polar surface area (TPSA) is 74.9 Å². The van der Waals surface area contributed by atoms with Gasteiger partial charge in [0.2, 0.25) is 0 Å². The fourth-order valence-corrected chi connectivity index (χ4v) is 3.84. The van der Waals surface area contributed by atoms with Crippen molar-refractivity contribution in [3.8, 4) is 28.6 Å². The molecule has 0 saturated heterocycles. The highest BCUT2D eigenvalue weighted by Gasteiger charge is 2.15.